The first-order valence-corrected chi connectivity index (χ1v) is 10.9. The van der Waals surface area contributed by atoms with Crippen LogP contribution in [0.5, 0.6) is 0 Å². The van der Waals surface area contributed by atoms with Crippen LogP contribution >= 0.6 is 0 Å². The van der Waals surface area contributed by atoms with Gasteiger partial charge in [0.1, 0.15) is 4.90 Å². The second kappa shape index (κ2) is 8.75. The number of hydrogen-bond donors (Lipinski definition) is 3. The molecule has 2 heterocycles. The number of aryl methyl sites for hydroxylation is 2. The third-order valence-corrected chi connectivity index (χ3v) is 7.09. The largest absolute Gasteiger partial charge is 0.352 e. The summed E-state index contributed by atoms with van der Waals surface area (Å²) in [6, 6.07) is 8.53. The van der Waals surface area contributed by atoms with E-state index in [1.807, 2.05) is 6.07 Å². The van der Waals surface area contributed by atoms with Crippen molar-refractivity contribution in [2.45, 2.75) is 37.6 Å². The maximum absolute atomic E-state index is 12.9. The third-order valence-electron chi connectivity index (χ3n) is 4.92. The average molecular weight is 420 g/mol. The van der Waals surface area contributed by atoms with Gasteiger partial charge in [-0.3, -0.25) is 14.7 Å². The summed E-state index contributed by atoms with van der Waals surface area (Å²) in [4.78, 5) is 24.3. The predicted molar refractivity (Wildman–Crippen MR) is 107 cm³/mol. The summed E-state index contributed by atoms with van der Waals surface area (Å²) in [7, 11) is -3.61. The molecule has 9 nitrogen and oxygen atoms in total. The average Bonchev–Trinajstić information content (AvgIpc) is 3.06. The quantitative estimate of drug-likeness (QED) is 0.637. The molecule has 0 saturated carbocycles. The van der Waals surface area contributed by atoms with Crippen LogP contribution in [0.1, 0.15) is 34.6 Å². The van der Waals surface area contributed by atoms with Crippen molar-refractivity contribution in [1.82, 2.24) is 25.1 Å². The molecule has 3 rings (SSSR count). The van der Waals surface area contributed by atoms with Gasteiger partial charge in [0.05, 0.1) is 17.9 Å². The third kappa shape index (κ3) is 4.83. The zero-order valence-electron chi connectivity index (χ0n) is 16.4. The molecule has 2 amide bonds. The van der Waals surface area contributed by atoms with Crippen LogP contribution in [0.25, 0.3) is 0 Å². The number of H-pyrrole nitrogens is 1. The number of sulfonamides is 1. The van der Waals surface area contributed by atoms with Gasteiger partial charge in [-0.1, -0.05) is 18.2 Å². The molecule has 0 unspecified atom stereocenters. The number of aromatic nitrogens is 2. The van der Waals surface area contributed by atoms with Crippen molar-refractivity contribution in [3.8, 4) is 0 Å². The summed E-state index contributed by atoms with van der Waals surface area (Å²) in [6.45, 7) is 3.85. The fourth-order valence-corrected chi connectivity index (χ4v) is 5.22. The van der Waals surface area contributed by atoms with Crippen LogP contribution in [0.4, 0.5) is 0 Å². The van der Waals surface area contributed by atoms with Crippen molar-refractivity contribution in [2.75, 3.05) is 19.6 Å². The van der Waals surface area contributed by atoms with Gasteiger partial charge in [0.25, 0.3) is 5.91 Å². The fraction of sp³-hybridized carbons (Fsp3) is 0.421. The first-order valence-electron chi connectivity index (χ1n) is 9.43. The molecule has 156 valence electrons. The molecule has 1 aromatic carbocycles. The molecule has 1 aromatic heterocycles. The number of benzene rings is 1. The number of rotatable bonds is 6. The highest BCUT2D eigenvalue weighted by Crippen LogP contribution is 2.24. The van der Waals surface area contributed by atoms with Gasteiger partial charge >= 0.3 is 0 Å². The molecule has 0 aliphatic carbocycles. The van der Waals surface area contributed by atoms with Crippen molar-refractivity contribution in [3.05, 3.63) is 47.3 Å². The highest BCUT2D eigenvalue weighted by Gasteiger charge is 2.33. The molecule has 0 spiro atoms. The zero-order chi connectivity index (χ0) is 21.0. The smallest absolute Gasteiger partial charge is 0.251 e. The second-order valence-corrected chi connectivity index (χ2v) is 8.93. The number of aromatic amines is 1. The first-order chi connectivity index (χ1) is 13.8. The van der Waals surface area contributed by atoms with Crippen LogP contribution in [0.3, 0.4) is 0 Å². The lowest BCUT2D eigenvalue weighted by Crippen LogP contribution is -2.48. The van der Waals surface area contributed by atoms with Crippen molar-refractivity contribution < 1.29 is 18.0 Å². The number of carbonyl (C=O) groups excluding carboxylic acids is 2. The van der Waals surface area contributed by atoms with Crippen LogP contribution in [0, 0.1) is 13.8 Å². The number of piperidine rings is 1. The molecule has 0 bridgehead atoms. The van der Waals surface area contributed by atoms with E-state index in [1.54, 1.807) is 38.1 Å². The fourth-order valence-electron chi connectivity index (χ4n) is 3.42. The molecule has 0 radical (unpaired) electrons. The second-order valence-electron chi connectivity index (χ2n) is 7.06. The van der Waals surface area contributed by atoms with Gasteiger partial charge in [0.2, 0.25) is 15.9 Å². The summed E-state index contributed by atoms with van der Waals surface area (Å²) < 4.78 is 27.2. The molecular formula is C19H25N5O4S. The Morgan fingerprint density at radius 2 is 1.83 bits per heavy atom. The Balaban J connectivity index is 1.48. The van der Waals surface area contributed by atoms with E-state index >= 15 is 0 Å². The SMILES string of the molecule is Cc1n[nH]c(C)c1S(=O)(=O)N1CCC(NC(=O)CNC(=O)c2ccccc2)CC1. The maximum Gasteiger partial charge on any atom is 0.251 e. The van der Waals surface area contributed by atoms with E-state index < -0.39 is 10.0 Å². The summed E-state index contributed by atoms with van der Waals surface area (Å²) in [5.74, 6) is -0.607. The standard InChI is InChI=1S/C19H25N5O4S/c1-13-18(14(2)23-22-13)29(27,28)24-10-8-16(9-11-24)21-17(25)12-20-19(26)15-6-4-3-5-7-15/h3-7,16H,8-12H2,1-2H3,(H,20,26)(H,21,25)(H,22,23). The molecule has 10 heteroatoms. The van der Waals surface area contributed by atoms with E-state index in [-0.39, 0.29) is 29.3 Å². The van der Waals surface area contributed by atoms with Crippen molar-refractivity contribution in [1.29, 1.82) is 0 Å². The van der Waals surface area contributed by atoms with Crippen LogP contribution in [0.2, 0.25) is 0 Å². The van der Waals surface area contributed by atoms with E-state index in [2.05, 4.69) is 20.8 Å². The minimum atomic E-state index is -3.61. The zero-order valence-corrected chi connectivity index (χ0v) is 17.3. The number of nitrogens with one attached hydrogen (secondary N) is 3. The lowest BCUT2D eigenvalue weighted by atomic mass is 10.1. The Hall–Kier alpha value is -2.72. The molecule has 1 saturated heterocycles. The predicted octanol–water partition coefficient (Wildman–Crippen LogP) is 0.726. The van der Waals surface area contributed by atoms with Crippen LogP contribution in [-0.2, 0) is 14.8 Å². The molecule has 1 aliphatic rings. The van der Waals surface area contributed by atoms with Gasteiger partial charge in [0.15, 0.2) is 0 Å². The van der Waals surface area contributed by atoms with Gasteiger partial charge in [-0.05, 0) is 38.8 Å². The van der Waals surface area contributed by atoms with Gasteiger partial charge in [-0.15, -0.1) is 0 Å². The number of hydrogen-bond acceptors (Lipinski definition) is 5. The first kappa shape index (κ1) is 21.0. The van der Waals surface area contributed by atoms with Gasteiger partial charge in [-0.2, -0.15) is 9.40 Å². The van der Waals surface area contributed by atoms with Gasteiger partial charge < -0.3 is 10.6 Å². The summed E-state index contributed by atoms with van der Waals surface area (Å²) in [5, 5.41) is 12.1. The minimum absolute atomic E-state index is 0.125. The van der Waals surface area contributed by atoms with Crippen molar-refractivity contribution in [2.24, 2.45) is 0 Å². The van der Waals surface area contributed by atoms with Gasteiger partial charge in [-0.25, -0.2) is 8.42 Å². The van der Waals surface area contributed by atoms with Gasteiger partial charge in [0, 0.05) is 24.7 Å². The summed E-state index contributed by atoms with van der Waals surface area (Å²) in [6.07, 6.45) is 1.01. The van der Waals surface area contributed by atoms with Crippen LogP contribution < -0.4 is 10.6 Å². The summed E-state index contributed by atoms with van der Waals surface area (Å²) in [5.41, 5.74) is 1.46. The molecule has 3 N–H and O–H groups in total. The molecule has 1 fully saturated rings. The Morgan fingerprint density at radius 3 is 2.41 bits per heavy atom. The molecule has 0 atom stereocenters. The monoisotopic (exact) mass is 419 g/mol. The van der Waals surface area contributed by atoms with Crippen molar-refractivity contribution >= 4 is 21.8 Å². The van der Waals surface area contributed by atoms with E-state index in [4.69, 9.17) is 0 Å². The topological polar surface area (TPSA) is 124 Å². The lowest BCUT2D eigenvalue weighted by molar-refractivity contribution is -0.121. The summed E-state index contributed by atoms with van der Waals surface area (Å²) >= 11 is 0. The Morgan fingerprint density at radius 1 is 1.17 bits per heavy atom. The maximum atomic E-state index is 12.9. The minimum Gasteiger partial charge on any atom is -0.352 e. The van der Waals surface area contributed by atoms with E-state index in [9.17, 15) is 18.0 Å². The van der Waals surface area contributed by atoms with E-state index in [0.29, 0.717) is 42.9 Å². The number of amides is 2. The Kier molecular flexibility index (Phi) is 6.33. The molecule has 29 heavy (non-hydrogen) atoms. The highest BCUT2D eigenvalue weighted by molar-refractivity contribution is 7.89. The number of carbonyl (C=O) groups is 2. The van der Waals surface area contributed by atoms with E-state index in [1.165, 1.54) is 4.31 Å². The molecule has 1 aliphatic heterocycles. The number of nitrogens with zero attached hydrogens (tertiary/aromatic N) is 2. The van der Waals surface area contributed by atoms with Crippen LogP contribution in [0.15, 0.2) is 35.2 Å². The Labute approximate surface area is 169 Å². The van der Waals surface area contributed by atoms with E-state index in [0.717, 1.165) is 0 Å². The molecule has 2 aromatic rings. The normalized spacial score (nSPS) is 15.8. The Bertz CT molecular complexity index is 960. The van der Waals surface area contributed by atoms with Crippen molar-refractivity contribution in [3.63, 3.8) is 0 Å². The highest BCUT2D eigenvalue weighted by atomic mass is 32.2. The molecular weight excluding hydrogens is 394 g/mol. The van der Waals surface area contributed by atoms with Crippen LogP contribution in [-0.4, -0.2) is 60.4 Å². The lowest BCUT2D eigenvalue weighted by Gasteiger charge is -2.31.